The van der Waals surface area contributed by atoms with Gasteiger partial charge in [-0.15, -0.1) is 0 Å². The molecule has 0 fully saturated rings. The maximum Gasteiger partial charge on any atom is 0.356 e. The first-order valence-corrected chi connectivity index (χ1v) is 5.98. The lowest BCUT2D eigenvalue weighted by molar-refractivity contribution is 0.0690. The Balaban J connectivity index is 2.59. The minimum Gasteiger partial charge on any atom is -0.476 e. The topological polar surface area (TPSA) is 84.3 Å². The van der Waals surface area contributed by atoms with Crippen molar-refractivity contribution in [1.82, 2.24) is 9.97 Å². The summed E-state index contributed by atoms with van der Waals surface area (Å²) < 4.78 is 5.13. The molecule has 100 valence electrons. The van der Waals surface area contributed by atoms with E-state index in [9.17, 15) is 4.79 Å². The summed E-state index contributed by atoms with van der Waals surface area (Å²) in [6.07, 6.45) is 5.87. The van der Waals surface area contributed by atoms with Crippen molar-refractivity contribution in [3.8, 4) is 0 Å². The lowest BCUT2D eigenvalue weighted by Crippen LogP contribution is -2.25. The monoisotopic (exact) mass is 253 g/mol. The molecular weight excluding hydrogens is 234 g/mol. The van der Waals surface area contributed by atoms with Crippen LogP contribution in [0.1, 0.15) is 36.7 Å². The number of carboxylic acids is 1. The fourth-order valence-corrected chi connectivity index (χ4v) is 1.57. The van der Waals surface area contributed by atoms with Crippen LogP contribution in [0.3, 0.4) is 0 Å². The highest BCUT2D eigenvalue weighted by atomic mass is 16.5. The Hall–Kier alpha value is -1.69. The largest absolute Gasteiger partial charge is 0.476 e. The Kier molecular flexibility index (Phi) is 6.07. The number of carbonyl (C=O) groups is 1. The summed E-state index contributed by atoms with van der Waals surface area (Å²) >= 11 is 0. The third kappa shape index (κ3) is 4.67. The molecule has 18 heavy (non-hydrogen) atoms. The lowest BCUT2D eigenvalue weighted by atomic mass is 10.1. The van der Waals surface area contributed by atoms with Crippen LogP contribution in [0.5, 0.6) is 0 Å². The van der Waals surface area contributed by atoms with Gasteiger partial charge >= 0.3 is 5.97 Å². The van der Waals surface area contributed by atoms with Crippen LogP contribution in [0, 0.1) is 0 Å². The normalized spacial score (nSPS) is 12.1. The molecule has 1 aromatic heterocycles. The summed E-state index contributed by atoms with van der Waals surface area (Å²) in [5.74, 6) is -0.508. The molecule has 1 aromatic rings. The van der Waals surface area contributed by atoms with Crippen molar-refractivity contribution in [1.29, 1.82) is 0 Å². The van der Waals surface area contributed by atoms with Gasteiger partial charge in [0.05, 0.1) is 25.0 Å². The summed E-state index contributed by atoms with van der Waals surface area (Å²) in [5, 5.41) is 11.9. The standard InChI is InChI=1S/C12H19N3O3/c1-3-4-5-9(8-18-2)15-11-7-13-10(6-14-11)12(16)17/h6-7,9H,3-5,8H2,1-2H3,(H,14,15)(H,16,17). The Morgan fingerprint density at radius 1 is 1.50 bits per heavy atom. The number of aromatic carboxylic acids is 1. The fraction of sp³-hybridized carbons (Fsp3) is 0.583. The highest BCUT2D eigenvalue weighted by Gasteiger charge is 2.10. The SMILES string of the molecule is CCCCC(COC)Nc1cnc(C(=O)O)cn1. The molecule has 1 unspecified atom stereocenters. The Morgan fingerprint density at radius 2 is 2.28 bits per heavy atom. The van der Waals surface area contributed by atoms with E-state index in [0.717, 1.165) is 19.3 Å². The molecule has 6 heteroatoms. The van der Waals surface area contributed by atoms with E-state index in [1.807, 2.05) is 0 Å². The molecule has 2 N–H and O–H groups in total. The van der Waals surface area contributed by atoms with Crippen molar-refractivity contribution < 1.29 is 14.6 Å². The minimum absolute atomic E-state index is 0.0580. The molecule has 1 atom stereocenters. The van der Waals surface area contributed by atoms with E-state index < -0.39 is 5.97 Å². The van der Waals surface area contributed by atoms with Crippen molar-refractivity contribution >= 4 is 11.8 Å². The van der Waals surface area contributed by atoms with Crippen LogP contribution in [0.25, 0.3) is 0 Å². The smallest absolute Gasteiger partial charge is 0.356 e. The molecule has 0 aliphatic carbocycles. The number of unbranched alkanes of at least 4 members (excludes halogenated alkanes) is 1. The predicted octanol–water partition coefficient (Wildman–Crippen LogP) is 1.79. The number of nitrogens with zero attached hydrogens (tertiary/aromatic N) is 2. The van der Waals surface area contributed by atoms with Crippen LogP contribution in [0.4, 0.5) is 5.82 Å². The number of ether oxygens (including phenoxy) is 1. The number of aromatic nitrogens is 2. The third-order valence-corrected chi connectivity index (χ3v) is 2.50. The first-order valence-electron chi connectivity index (χ1n) is 5.98. The van der Waals surface area contributed by atoms with E-state index in [4.69, 9.17) is 9.84 Å². The molecule has 6 nitrogen and oxygen atoms in total. The molecule has 1 heterocycles. The van der Waals surface area contributed by atoms with Crippen molar-refractivity contribution in [2.45, 2.75) is 32.2 Å². The van der Waals surface area contributed by atoms with E-state index in [1.165, 1.54) is 12.4 Å². The highest BCUT2D eigenvalue weighted by molar-refractivity contribution is 5.84. The lowest BCUT2D eigenvalue weighted by Gasteiger charge is -2.17. The van der Waals surface area contributed by atoms with Crippen molar-refractivity contribution in [3.63, 3.8) is 0 Å². The molecule has 0 saturated carbocycles. The number of methoxy groups -OCH3 is 1. The summed E-state index contributed by atoms with van der Waals surface area (Å²) in [4.78, 5) is 18.5. The van der Waals surface area contributed by atoms with Gasteiger partial charge in [-0.05, 0) is 6.42 Å². The summed E-state index contributed by atoms with van der Waals surface area (Å²) in [7, 11) is 1.65. The average Bonchev–Trinajstić information content (AvgIpc) is 2.37. The summed E-state index contributed by atoms with van der Waals surface area (Å²) in [6, 6.07) is 0.167. The Labute approximate surface area is 106 Å². The Morgan fingerprint density at radius 3 is 2.78 bits per heavy atom. The first kappa shape index (κ1) is 14.4. The summed E-state index contributed by atoms with van der Waals surface area (Å²) in [5.41, 5.74) is -0.0580. The second kappa shape index (κ2) is 7.60. The van der Waals surface area contributed by atoms with Gasteiger partial charge in [0.2, 0.25) is 0 Å². The zero-order valence-electron chi connectivity index (χ0n) is 10.7. The van der Waals surface area contributed by atoms with E-state index >= 15 is 0 Å². The average molecular weight is 253 g/mol. The van der Waals surface area contributed by atoms with Crippen molar-refractivity contribution in [2.75, 3.05) is 19.0 Å². The van der Waals surface area contributed by atoms with Crippen LogP contribution in [-0.4, -0.2) is 40.8 Å². The van der Waals surface area contributed by atoms with Crippen LogP contribution < -0.4 is 5.32 Å². The van der Waals surface area contributed by atoms with E-state index in [0.29, 0.717) is 12.4 Å². The number of anilines is 1. The number of hydrogen-bond donors (Lipinski definition) is 2. The maximum atomic E-state index is 10.6. The molecule has 0 bridgehead atoms. The van der Waals surface area contributed by atoms with Crippen molar-refractivity contribution in [3.05, 3.63) is 18.1 Å². The van der Waals surface area contributed by atoms with Gasteiger partial charge in [0, 0.05) is 7.11 Å². The van der Waals surface area contributed by atoms with Gasteiger partial charge in [0.15, 0.2) is 5.69 Å². The van der Waals surface area contributed by atoms with Gasteiger partial charge in [-0.25, -0.2) is 14.8 Å². The van der Waals surface area contributed by atoms with Gasteiger partial charge in [0.25, 0.3) is 0 Å². The predicted molar refractivity (Wildman–Crippen MR) is 67.8 cm³/mol. The molecule has 0 aliphatic heterocycles. The zero-order valence-corrected chi connectivity index (χ0v) is 10.7. The molecular formula is C12H19N3O3. The molecule has 0 spiro atoms. The molecule has 0 aliphatic rings. The van der Waals surface area contributed by atoms with E-state index in [2.05, 4.69) is 22.2 Å². The first-order chi connectivity index (χ1) is 8.67. The molecule has 0 radical (unpaired) electrons. The second-order valence-electron chi connectivity index (χ2n) is 4.03. The van der Waals surface area contributed by atoms with Crippen LogP contribution in [-0.2, 0) is 4.74 Å². The third-order valence-electron chi connectivity index (χ3n) is 2.50. The Bertz CT molecular complexity index is 367. The molecule has 0 aromatic carbocycles. The quantitative estimate of drug-likeness (QED) is 0.734. The maximum absolute atomic E-state index is 10.6. The van der Waals surface area contributed by atoms with Gasteiger partial charge in [0.1, 0.15) is 5.82 Å². The van der Waals surface area contributed by atoms with E-state index in [-0.39, 0.29) is 11.7 Å². The van der Waals surface area contributed by atoms with Gasteiger partial charge in [-0.1, -0.05) is 19.8 Å². The van der Waals surface area contributed by atoms with Gasteiger partial charge < -0.3 is 15.2 Å². The molecule has 1 rings (SSSR count). The molecule has 0 amide bonds. The van der Waals surface area contributed by atoms with Crippen LogP contribution in [0.15, 0.2) is 12.4 Å². The molecule has 0 saturated heterocycles. The van der Waals surface area contributed by atoms with Gasteiger partial charge in [-0.2, -0.15) is 0 Å². The minimum atomic E-state index is -1.08. The summed E-state index contributed by atoms with van der Waals surface area (Å²) in [6.45, 7) is 2.72. The van der Waals surface area contributed by atoms with Gasteiger partial charge in [-0.3, -0.25) is 0 Å². The van der Waals surface area contributed by atoms with Crippen molar-refractivity contribution in [2.24, 2.45) is 0 Å². The number of hydrogen-bond acceptors (Lipinski definition) is 5. The number of rotatable bonds is 8. The zero-order chi connectivity index (χ0) is 13.4. The fourth-order valence-electron chi connectivity index (χ4n) is 1.57. The number of nitrogens with one attached hydrogen (secondary N) is 1. The van der Waals surface area contributed by atoms with Crippen LogP contribution >= 0.6 is 0 Å². The van der Waals surface area contributed by atoms with Crippen LogP contribution in [0.2, 0.25) is 0 Å². The number of carboxylic acid groups (broad SMARTS) is 1. The second-order valence-corrected chi connectivity index (χ2v) is 4.03. The van der Waals surface area contributed by atoms with E-state index in [1.54, 1.807) is 7.11 Å². The highest BCUT2D eigenvalue weighted by Crippen LogP contribution is 2.09.